The number of ether oxygens (including phenoxy) is 1. The van der Waals surface area contributed by atoms with E-state index in [1.807, 2.05) is 75.4 Å². The van der Waals surface area contributed by atoms with Crippen LogP contribution in [-0.2, 0) is 9.59 Å². The number of rotatable bonds is 6. The summed E-state index contributed by atoms with van der Waals surface area (Å²) in [5.74, 6) is -0.286. The lowest BCUT2D eigenvalue weighted by atomic mass is 9.97. The summed E-state index contributed by atoms with van der Waals surface area (Å²) >= 11 is 0. The molecule has 0 bridgehead atoms. The van der Waals surface area contributed by atoms with Gasteiger partial charge in [0.05, 0.1) is 17.9 Å². The van der Waals surface area contributed by atoms with Crippen molar-refractivity contribution in [2.45, 2.75) is 20.8 Å². The van der Waals surface area contributed by atoms with Crippen molar-refractivity contribution in [1.82, 2.24) is 0 Å². The Balaban J connectivity index is 1.87. The van der Waals surface area contributed by atoms with Crippen molar-refractivity contribution in [1.29, 1.82) is 0 Å². The van der Waals surface area contributed by atoms with Gasteiger partial charge in [-0.1, -0.05) is 54.1 Å². The minimum atomic E-state index is -0.406. The van der Waals surface area contributed by atoms with Crippen LogP contribution >= 0.6 is 0 Å². The standard InChI is InChI=1S/C26H24N2O3/c1-4-31-22-13-9-8-12-21(22)28-25(29)23(20-15-14-17(2)16-18(20)3)24(26(28)30)27-19-10-6-5-7-11-19/h5-16,27H,4H2,1-3H3. The van der Waals surface area contributed by atoms with Crippen molar-refractivity contribution in [2.24, 2.45) is 0 Å². The number of anilines is 2. The van der Waals surface area contributed by atoms with Crippen LogP contribution in [0, 0.1) is 13.8 Å². The molecule has 1 heterocycles. The first-order valence-electron chi connectivity index (χ1n) is 10.3. The van der Waals surface area contributed by atoms with E-state index in [4.69, 9.17) is 4.74 Å². The molecule has 0 saturated carbocycles. The molecule has 3 aromatic rings. The lowest BCUT2D eigenvalue weighted by Crippen LogP contribution is -2.32. The second-order valence-electron chi connectivity index (χ2n) is 7.41. The maximum atomic E-state index is 13.7. The number of aryl methyl sites for hydroxylation is 2. The van der Waals surface area contributed by atoms with E-state index in [0.717, 1.165) is 22.4 Å². The van der Waals surface area contributed by atoms with E-state index in [-0.39, 0.29) is 11.6 Å². The molecule has 0 aromatic heterocycles. The van der Waals surface area contributed by atoms with Gasteiger partial charge in [-0.3, -0.25) is 9.59 Å². The fourth-order valence-electron chi connectivity index (χ4n) is 3.79. The average Bonchev–Trinajstić information content (AvgIpc) is 2.99. The molecule has 0 unspecified atom stereocenters. The zero-order chi connectivity index (χ0) is 22.0. The van der Waals surface area contributed by atoms with Crippen molar-refractivity contribution < 1.29 is 14.3 Å². The molecule has 1 aliphatic heterocycles. The smallest absolute Gasteiger partial charge is 0.282 e. The van der Waals surface area contributed by atoms with Gasteiger partial charge in [0, 0.05) is 5.69 Å². The Morgan fingerprint density at radius 1 is 0.871 bits per heavy atom. The van der Waals surface area contributed by atoms with Crippen molar-refractivity contribution in [2.75, 3.05) is 16.8 Å². The molecule has 0 fully saturated rings. The van der Waals surface area contributed by atoms with E-state index >= 15 is 0 Å². The summed E-state index contributed by atoms with van der Waals surface area (Å²) in [5.41, 5.74) is 4.55. The highest BCUT2D eigenvalue weighted by Crippen LogP contribution is 2.38. The number of nitrogens with one attached hydrogen (secondary N) is 1. The fourth-order valence-corrected chi connectivity index (χ4v) is 3.79. The van der Waals surface area contributed by atoms with Crippen LogP contribution in [0.4, 0.5) is 11.4 Å². The van der Waals surface area contributed by atoms with E-state index in [1.54, 1.807) is 18.2 Å². The SMILES string of the molecule is CCOc1ccccc1N1C(=O)C(Nc2ccccc2)=C(c2ccc(C)cc2C)C1=O. The van der Waals surface area contributed by atoms with Crippen LogP contribution in [0.2, 0.25) is 0 Å². The van der Waals surface area contributed by atoms with E-state index < -0.39 is 5.91 Å². The van der Waals surface area contributed by atoms with Crippen LogP contribution < -0.4 is 15.0 Å². The van der Waals surface area contributed by atoms with E-state index in [9.17, 15) is 9.59 Å². The Kier molecular flexibility index (Phi) is 5.58. The minimum absolute atomic E-state index is 0.259. The Hall–Kier alpha value is -3.86. The third-order valence-electron chi connectivity index (χ3n) is 5.18. The number of para-hydroxylation sites is 3. The molecule has 0 radical (unpaired) electrons. The quantitative estimate of drug-likeness (QED) is 0.573. The van der Waals surface area contributed by atoms with Gasteiger partial charge in [0.25, 0.3) is 11.8 Å². The molecular weight excluding hydrogens is 388 g/mol. The van der Waals surface area contributed by atoms with Crippen molar-refractivity contribution in [3.8, 4) is 5.75 Å². The molecule has 4 rings (SSSR count). The highest BCUT2D eigenvalue weighted by molar-refractivity contribution is 6.46. The maximum absolute atomic E-state index is 13.7. The first kappa shape index (κ1) is 20.4. The van der Waals surface area contributed by atoms with E-state index in [2.05, 4.69) is 5.32 Å². The summed E-state index contributed by atoms with van der Waals surface area (Å²) in [4.78, 5) is 28.4. The van der Waals surface area contributed by atoms with Gasteiger partial charge < -0.3 is 10.1 Å². The summed E-state index contributed by atoms with van der Waals surface area (Å²) in [6.07, 6.45) is 0. The third-order valence-corrected chi connectivity index (χ3v) is 5.18. The molecule has 1 N–H and O–H groups in total. The van der Waals surface area contributed by atoms with Crippen molar-refractivity contribution >= 4 is 28.8 Å². The van der Waals surface area contributed by atoms with Gasteiger partial charge in [-0.25, -0.2) is 4.90 Å². The molecule has 5 heteroatoms. The van der Waals surface area contributed by atoms with Crippen LogP contribution in [0.15, 0.2) is 78.5 Å². The van der Waals surface area contributed by atoms with Gasteiger partial charge in [-0.15, -0.1) is 0 Å². The number of benzene rings is 3. The molecule has 5 nitrogen and oxygen atoms in total. The Morgan fingerprint density at radius 2 is 1.58 bits per heavy atom. The molecular formula is C26H24N2O3. The van der Waals surface area contributed by atoms with Crippen LogP contribution in [0.25, 0.3) is 5.57 Å². The Bertz CT molecular complexity index is 1180. The molecule has 0 spiro atoms. The average molecular weight is 412 g/mol. The largest absolute Gasteiger partial charge is 0.492 e. The highest BCUT2D eigenvalue weighted by atomic mass is 16.5. The molecule has 1 aliphatic rings. The number of hydrogen-bond donors (Lipinski definition) is 1. The zero-order valence-corrected chi connectivity index (χ0v) is 17.8. The van der Waals surface area contributed by atoms with Gasteiger partial charge >= 0.3 is 0 Å². The summed E-state index contributed by atoms with van der Waals surface area (Å²) in [6, 6.07) is 22.3. The molecule has 2 amide bonds. The Labute approximate surface area is 182 Å². The second-order valence-corrected chi connectivity index (χ2v) is 7.41. The van der Waals surface area contributed by atoms with E-state index in [1.165, 1.54) is 4.90 Å². The first-order chi connectivity index (χ1) is 15.0. The minimum Gasteiger partial charge on any atom is -0.492 e. The van der Waals surface area contributed by atoms with Gasteiger partial charge in [0.15, 0.2) is 0 Å². The number of carbonyl (C=O) groups is 2. The summed E-state index contributed by atoms with van der Waals surface area (Å²) in [7, 11) is 0. The lowest BCUT2D eigenvalue weighted by Gasteiger charge is -2.19. The summed E-state index contributed by atoms with van der Waals surface area (Å²) < 4.78 is 5.69. The summed E-state index contributed by atoms with van der Waals surface area (Å²) in [5, 5.41) is 3.19. The van der Waals surface area contributed by atoms with Gasteiger partial charge in [0.2, 0.25) is 0 Å². The summed E-state index contributed by atoms with van der Waals surface area (Å²) in [6.45, 7) is 6.25. The van der Waals surface area contributed by atoms with Gasteiger partial charge in [0.1, 0.15) is 11.4 Å². The molecule has 156 valence electrons. The van der Waals surface area contributed by atoms with Crippen LogP contribution in [0.3, 0.4) is 0 Å². The molecule has 3 aromatic carbocycles. The molecule has 0 saturated heterocycles. The number of hydrogen-bond acceptors (Lipinski definition) is 4. The maximum Gasteiger partial charge on any atom is 0.282 e. The zero-order valence-electron chi connectivity index (χ0n) is 17.8. The third kappa shape index (κ3) is 3.82. The number of nitrogens with zero attached hydrogens (tertiary/aromatic N) is 1. The van der Waals surface area contributed by atoms with Gasteiger partial charge in [-0.2, -0.15) is 0 Å². The molecule has 0 atom stereocenters. The number of amides is 2. The second kappa shape index (κ2) is 8.48. The van der Waals surface area contributed by atoms with Crippen molar-refractivity contribution in [3.63, 3.8) is 0 Å². The van der Waals surface area contributed by atoms with Gasteiger partial charge in [-0.05, 0) is 56.2 Å². The number of imide groups is 1. The van der Waals surface area contributed by atoms with Crippen LogP contribution in [-0.4, -0.2) is 18.4 Å². The fraction of sp³-hybridized carbons (Fsp3) is 0.154. The monoisotopic (exact) mass is 412 g/mol. The van der Waals surface area contributed by atoms with Crippen molar-refractivity contribution in [3.05, 3.63) is 95.2 Å². The highest BCUT2D eigenvalue weighted by Gasteiger charge is 2.41. The normalized spacial score (nSPS) is 13.7. The van der Waals surface area contributed by atoms with E-state index in [0.29, 0.717) is 23.6 Å². The van der Waals surface area contributed by atoms with Crippen LogP contribution in [0.5, 0.6) is 5.75 Å². The predicted octanol–water partition coefficient (Wildman–Crippen LogP) is 5.10. The van der Waals surface area contributed by atoms with Crippen LogP contribution in [0.1, 0.15) is 23.6 Å². The molecule has 31 heavy (non-hydrogen) atoms. The topological polar surface area (TPSA) is 58.6 Å². The Morgan fingerprint density at radius 3 is 2.29 bits per heavy atom. The predicted molar refractivity (Wildman–Crippen MR) is 123 cm³/mol. The lowest BCUT2D eigenvalue weighted by molar-refractivity contribution is -0.120. The number of carbonyl (C=O) groups excluding carboxylic acids is 2. The molecule has 0 aliphatic carbocycles. The first-order valence-corrected chi connectivity index (χ1v) is 10.3.